The van der Waals surface area contributed by atoms with Crippen LogP contribution in [0.15, 0.2) is 46.2 Å². The number of rotatable bonds is 12. The van der Waals surface area contributed by atoms with Crippen LogP contribution in [-0.2, 0) is 39.5 Å². The molecule has 1 aliphatic heterocycles. The number of hydrogen-bond acceptors (Lipinski definition) is 11. The number of carbonyl (C=O) groups is 2. The highest BCUT2D eigenvalue weighted by Crippen LogP contribution is 2.33. The average Bonchev–Trinajstić information content (AvgIpc) is 3.16. The fraction of sp³-hybridized carbons (Fsp3) is 0.417. The van der Waals surface area contributed by atoms with Gasteiger partial charge in [-0.05, 0) is 36.4 Å². The Bertz CT molecular complexity index is 1680. The van der Waals surface area contributed by atoms with E-state index in [9.17, 15) is 39.9 Å². The monoisotopic (exact) mass is 648 g/mol. The molecule has 0 bridgehead atoms. The highest BCUT2D eigenvalue weighted by molar-refractivity contribution is 7.92. The molecular weight excluding hydrogens is 616 g/mol. The van der Waals surface area contributed by atoms with E-state index in [1.165, 1.54) is 52.3 Å². The van der Waals surface area contributed by atoms with Gasteiger partial charge >= 0.3 is 0 Å². The molecule has 18 heteroatoms. The third-order valence-corrected chi connectivity index (χ3v) is 11.3. The molecule has 0 aliphatic carbocycles. The number of aliphatic hydroxyl groups is 1. The van der Waals surface area contributed by atoms with E-state index < -0.39 is 83.3 Å². The van der Waals surface area contributed by atoms with Crippen LogP contribution in [-0.4, -0.2) is 97.4 Å². The van der Waals surface area contributed by atoms with Gasteiger partial charge in [-0.25, -0.2) is 30.0 Å². The summed E-state index contributed by atoms with van der Waals surface area (Å²) in [5, 5.41) is 15.5. The van der Waals surface area contributed by atoms with Crippen LogP contribution in [0.1, 0.15) is 13.8 Å². The lowest BCUT2D eigenvalue weighted by Gasteiger charge is -2.30. The lowest BCUT2D eigenvalue weighted by atomic mass is 10.2. The Labute approximate surface area is 244 Å². The third-order valence-electron chi connectivity index (χ3n) is 6.13. The number of benzene rings is 2. The van der Waals surface area contributed by atoms with E-state index >= 15 is 0 Å². The second-order valence-electron chi connectivity index (χ2n) is 9.32. The number of aliphatic hydroxyl groups excluding tert-OH is 1. The molecule has 42 heavy (non-hydrogen) atoms. The van der Waals surface area contributed by atoms with Gasteiger partial charge in [0.25, 0.3) is 0 Å². The van der Waals surface area contributed by atoms with Gasteiger partial charge in [-0.15, -0.1) is 0 Å². The molecule has 15 nitrogen and oxygen atoms in total. The molecule has 0 aromatic heterocycles. The van der Waals surface area contributed by atoms with Crippen molar-refractivity contribution in [3.8, 4) is 11.5 Å². The Hall–Kier alpha value is -3.29. The summed E-state index contributed by atoms with van der Waals surface area (Å²) in [6, 6.07) is 6.26. The van der Waals surface area contributed by atoms with Gasteiger partial charge < -0.3 is 25.2 Å². The molecule has 1 aliphatic rings. The molecule has 3 rings (SSSR count). The van der Waals surface area contributed by atoms with Gasteiger partial charge in [0.05, 0.1) is 37.9 Å². The molecule has 2 aromatic rings. The smallest absolute Gasteiger partial charge is 0.247 e. The standard InChI is InChI=1S/C24H32N4O11S3/c1-15(29)26-17-5-7-21(38-3)23(11-17)41(34,35)25-9-10-28(19-13-40(32,33)14-20(19)31)42(36,37)24-12-18(27-16(2)30)6-8-22(24)39-4/h5-8,11-12,19-20,25,31H,9-10,13-14H2,1-4H3,(H,26,29)(H,27,30)/t19-,20+/m0/s1. The molecule has 2 amide bonds. The van der Waals surface area contributed by atoms with E-state index in [1.807, 2.05) is 0 Å². The quantitative estimate of drug-likeness (QED) is 0.235. The zero-order valence-electron chi connectivity index (χ0n) is 23.1. The number of ether oxygens (including phenoxy) is 2. The number of carbonyl (C=O) groups excluding carboxylic acids is 2. The van der Waals surface area contributed by atoms with Crippen molar-refractivity contribution < 1.29 is 49.4 Å². The van der Waals surface area contributed by atoms with Crippen LogP contribution < -0.4 is 24.8 Å². The minimum absolute atomic E-state index is 0.0575. The van der Waals surface area contributed by atoms with Crippen LogP contribution in [0.25, 0.3) is 0 Å². The molecule has 232 valence electrons. The molecule has 4 N–H and O–H groups in total. The molecule has 2 aromatic carbocycles. The van der Waals surface area contributed by atoms with Crippen molar-refractivity contribution in [2.75, 3.05) is 49.4 Å². The number of sulfone groups is 1. The number of nitrogens with zero attached hydrogens (tertiary/aromatic N) is 1. The summed E-state index contributed by atoms with van der Waals surface area (Å²) in [5.41, 5.74) is 0.270. The Balaban J connectivity index is 2.00. The van der Waals surface area contributed by atoms with Crippen molar-refractivity contribution in [3.63, 3.8) is 0 Å². The van der Waals surface area contributed by atoms with Gasteiger partial charge in [-0.2, -0.15) is 4.31 Å². The summed E-state index contributed by atoms with van der Waals surface area (Å²) in [6.07, 6.45) is -1.60. The zero-order chi connectivity index (χ0) is 31.5. The van der Waals surface area contributed by atoms with E-state index in [2.05, 4.69) is 15.4 Å². The van der Waals surface area contributed by atoms with Crippen molar-refractivity contribution in [1.82, 2.24) is 9.03 Å². The summed E-state index contributed by atoms with van der Waals surface area (Å²) < 4.78 is 92.2. The van der Waals surface area contributed by atoms with Crippen molar-refractivity contribution >= 4 is 53.1 Å². The number of amides is 2. The van der Waals surface area contributed by atoms with Gasteiger partial charge in [0.15, 0.2) is 9.84 Å². The summed E-state index contributed by atoms with van der Waals surface area (Å²) in [4.78, 5) is 22.2. The van der Waals surface area contributed by atoms with Crippen molar-refractivity contribution in [2.24, 2.45) is 0 Å². The predicted molar refractivity (Wildman–Crippen MR) is 152 cm³/mol. The zero-order valence-corrected chi connectivity index (χ0v) is 25.6. The van der Waals surface area contributed by atoms with Crippen LogP contribution in [0, 0.1) is 0 Å². The highest BCUT2D eigenvalue weighted by atomic mass is 32.2. The first-order valence-corrected chi connectivity index (χ1v) is 17.1. The Morgan fingerprint density at radius 3 is 1.86 bits per heavy atom. The van der Waals surface area contributed by atoms with E-state index in [0.717, 1.165) is 12.1 Å². The molecule has 0 unspecified atom stereocenters. The minimum atomic E-state index is -4.66. The van der Waals surface area contributed by atoms with E-state index in [-0.39, 0.29) is 27.8 Å². The molecule has 1 saturated heterocycles. The number of sulfonamides is 2. The third kappa shape index (κ3) is 7.75. The second kappa shape index (κ2) is 12.9. The Morgan fingerprint density at radius 1 is 0.905 bits per heavy atom. The fourth-order valence-corrected chi connectivity index (χ4v) is 9.32. The molecule has 1 heterocycles. The highest BCUT2D eigenvalue weighted by Gasteiger charge is 2.45. The van der Waals surface area contributed by atoms with Gasteiger partial charge in [-0.1, -0.05) is 0 Å². The lowest BCUT2D eigenvalue weighted by molar-refractivity contribution is -0.115. The topological polar surface area (TPSA) is 215 Å². The number of nitrogens with one attached hydrogen (secondary N) is 3. The first kappa shape index (κ1) is 33.2. The average molecular weight is 649 g/mol. The van der Waals surface area contributed by atoms with Crippen LogP contribution in [0.3, 0.4) is 0 Å². The maximum absolute atomic E-state index is 14.0. The lowest BCUT2D eigenvalue weighted by Crippen LogP contribution is -2.49. The summed E-state index contributed by atoms with van der Waals surface area (Å²) in [5.74, 6) is -2.51. The Kier molecular flexibility index (Phi) is 10.2. The van der Waals surface area contributed by atoms with Gasteiger partial charge in [0.2, 0.25) is 31.9 Å². The molecular formula is C24H32N4O11S3. The maximum atomic E-state index is 14.0. The predicted octanol–water partition coefficient (Wildman–Crippen LogP) is -0.252. The minimum Gasteiger partial charge on any atom is -0.495 e. The van der Waals surface area contributed by atoms with E-state index in [4.69, 9.17) is 9.47 Å². The summed E-state index contributed by atoms with van der Waals surface area (Å²) in [7, 11) is -10.4. The summed E-state index contributed by atoms with van der Waals surface area (Å²) >= 11 is 0. The SMILES string of the molecule is COc1ccc(NC(C)=O)cc1S(=O)(=O)NCCN([C@H]1CS(=O)(=O)C[C@H]1O)S(=O)(=O)c1cc(NC(C)=O)ccc1OC. The van der Waals surface area contributed by atoms with Crippen molar-refractivity contribution in [3.05, 3.63) is 36.4 Å². The van der Waals surface area contributed by atoms with Crippen molar-refractivity contribution in [2.45, 2.75) is 35.8 Å². The molecule has 1 fully saturated rings. The van der Waals surface area contributed by atoms with Crippen LogP contribution in [0.5, 0.6) is 11.5 Å². The van der Waals surface area contributed by atoms with Gasteiger partial charge in [0, 0.05) is 38.3 Å². The molecule has 2 atom stereocenters. The molecule has 0 spiro atoms. The van der Waals surface area contributed by atoms with Crippen LogP contribution in [0.2, 0.25) is 0 Å². The van der Waals surface area contributed by atoms with Gasteiger partial charge in [0.1, 0.15) is 21.3 Å². The normalized spacial score (nSPS) is 18.4. The summed E-state index contributed by atoms with van der Waals surface area (Å²) in [6.45, 7) is 1.31. The first-order chi connectivity index (χ1) is 19.5. The van der Waals surface area contributed by atoms with E-state index in [0.29, 0.717) is 4.31 Å². The largest absolute Gasteiger partial charge is 0.495 e. The first-order valence-electron chi connectivity index (χ1n) is 12.3. The van der Waals surface area contributed by atoms with Crippen LogP contribution in [0.4, 0.5) is 11.4 Å². The molecule has 0 radical (unpaired) electrons. The number of anilines is 2. The fourth-order valence-electron chi connectivity index (χ4n) is 4.37. The van der Waals surface area contributed by atoms with Crippen molar-refractivity contribution in [1.29, 1.82) is 0 Å². The Morgan fingerprint density at radius 2 is 1.40 bits per heavy atom. The maximum Gasteiger partial charge on any atom is 0.247 e. The number of methoxy groups -OCH3 is 2. The van der Waals surface area contributed by atoms with Crippen LogP contribution >= 0.6 is 0 Å². The van der Waals surface area contributed by atoms with Gasteiger partial charge in [-0.3, -0.25) is 9.59 Å². The second-order valence-corrected chi connectivity index (χ2v) is 15.1. The molecule has 0 saturated carbocycles. The van der Waals surface area contributed by atoms with E-state index in [1.54, 1.807) is 0 Å². The number of hydrogen-bond donors (Lipinski definition) is 4.